The number of allylic oxidation sites excluding steroid dienone is 2. The van der Waals surface area contributed by atoms with Gasteiger partial charge in [0.25, 0.3) is 11.3 Å². The summed E-state index contributed by atoms with van der Waals surface area (Å²) in [6, 6.07) is 0. The molecule has 6 heteroatoms. The van der Waals surface area contributed by atoms with Crippen molar-refractivity contribution in [3.63, 3.8) is 0 Å². The smallest absolute Gasteiger partial charge is 0.337 e. The monoisotopic (exact) mass is 247 g/mol. The molecule has 0 aliphatic rings. The lowest BCUT2D eigenvalue weighted by Gasteiger charge is -2.16. The Labute approximate surface area is 98.2 Å². The molecule has 0 bridgehead atoms. The number of rotatable bonds is 5. The SMILES string of the molecule is C/C=C(\C=C(/CC)N(C)S(=O)O)C(=O)OC. The topological polar surface area (TPSA) is 66.8 Å². The first kappa shape index (κ1) is 14.9. The number of hydrogen-bond donors (Lipinski definition) is 1. The fraction of sp³-hybridized carbons (Fsp3) is 0.500. The number of hydrogen-bond acceptors (Lipinski definition) is 3. The minimum absolute atomic E-state index is 0.358. The van der Waals surface area contributed by atoms with Crippen LogP contribution in [0.2, 0.25) is 0 Å². The van der Waals surface area contributed by atoms with Crippen molar-refractivity contribution < 1.29 is 18.3 Å². The second kappa shape index (κ2) is 7.19. The van der Waals surface area contributed by atoms with Gasteiger partial charge in [-0.15, -0.1) is 0 Å². The van der Waals surface area contributed by atoms with Gasteiger partial charge >= 0.3 is 5.97 Å². The van der Waals surface area contributed by atoms with Gasteiger partial charge in [0.05, 0.1) is 12.7 Å². The van der Waals surface area contributed by atoms with E-state index in [0.29, 0.717) is 17.7 Å². The van der Waals surface area contributed by atoms with E-state index in [1.54, 1.807) is 19.1 Å². The summed E-state index contributed by atoms with van der Waals surface area (Å²) in [6.45, 7) is 3.53. The van der Waals surface area contributed by atoms with E-state index in [1.807, 2.05) is 6.92 Å². The number of methoxy groups -OCH3 is 1. The Hall–Kier alpha value is -1.14. The first-order chi connectivity index (χ1) is 7.47. The van der Waals surface area contributed by atoms with Gasteiger partial charge in [-0.3, -0.25) is 8.86 Å². The molecule has 0 aromatic heterocycles. The Balaban J connectivity index is 5.08. The summed E-state index contributed by atoms with van der Waals surface area (Å²) < 4.78 is 25.6. The maximum atomic E-state index is 11.3. The van der Waals surface area contributed by atoms with Crippen molar-refractivity contribution >= 4 is 17.2 Å². The summed E-state index contributed by atoms with van der Waals surface area (Å²) in [5.41, 5.74) is 0.941. The molecular weight excluding hydrogens is 230 g/mol. The molecule has 0 spiro atoms. The van der Waals surface area contributed by atoms with E-state index in [4.69, 9.17) is 4.55 Å². The zero-order chi connectivity index (χ0) is 12.7. The van der Waals surface area contributed by atoms with Gasteiger partial charge in [-0.05, 0) is 19.4 Å². The summed E-state index contributed by atoms with van der Waals surface area (Å²) in [5.74, 6) is -0.467. The van der Waals surface area contributed by atoms with Crippen molar-refractivity contribution in [2.24, 2.45) is 0 Å². The zero-order valence-electron chi connectivity index (χ0n) is 9.89. The number of ether oxygens (including phenoxy) is 1. The molecule has 0 fully saturated rings. The van der Waals surface area contributed by atoms with Gasteiger partial charge in [-0.1, -0.05) is 13.0 Å². The van der Waals surface area contributed by atoms with E-state index in [1.165, 1.54) is 18.5 Å². The van der Waals surface area contributed by atoms with Crippen LogP contribution in [0.4, 0.5) is 0 Å². The van der Waals surface area contributed by atoms with Crippen molar-refractivity contribution in [1.82, 2.24) is 4.31 Å². The molecule has 0 amide bonds. The highest BCUT2D eigenvalue weighted by Crippen LogP contribution is 2.12. The highest BCUT2D eigenvalue weighted by Gasteiger charge is 2.11. The molecule has 0 aliphatic carbocycles. The van der Waals surface area contributed by atoms with Crippen LogP contribution in [0.25, 0.3) is 0 Å². The third kappa shape index (κ3) is 4.16. The van der Waals surface area contributed by atoms with Gasteiger partial charge in [0.15, 0.2) is 0 Å². The van der Waals surface area contributed by atoms with Gasteiger partial charge < -0.3 is 4.74 Å². The molecule has 0 rings (SSSR count). The second-order valence-corrected chi connectivity index (χ2v) is 3.96. The van der Waals surface area contributed by atoms with Gasteiger partial charge in [-0.25, -0.2) is 9.00 Å². The first-order valence-electron chi connectivity index (χ1n) is 4.77. The second-order valence-electron chi connectivity index (χ2n) is 2.95. The van der Waals surface area contributed by atoms with Crippen LogP contribution < -0.4 is 0 Å². The Bertz CT molecular complexity index is 336. The quantitative estimate of drug-likeness (QED) is 0.346. The molecule has 16 heavy (non-hydrogen) atoms. The number of esters is 1. The summed E-state index contributed by atoms with van der Waals surface area (Å²) in [4.78, 5) is 11.3. The third-order valence-corrected chi connectivity index (χ3v) is 2.76. The molecule has 0 saturated carbocycles. The van der Waals surface area contributed by atoms with Gasteiger partial charge in [0, 0.05) is 12.7 Å². The molecule has 1 unspecified atom stereocenters. The van der Waals surface area contributed by atoms with E-state index in [-0.39, 0.29) is 0 Å². The molecule has 0 heterocycles. The zero-order valence-corrected chi connectivity index (χ0v) is 10.7. The van der Waals surface area contributed by atoms with E-state index in [0.717, 1.165) is 0 Å². The minimum Gasteiger partial charge on any atom is -0.465 e. The maximum Gasteiger partial charge on any atom is 0.337 e. The molecule has 5 nitrogen and oxygen atoms in total. The lowest BCUT2D eigenvalue weighted by Crippen LogP contribution is -2.20. The summed E-state index contributed by atoms with van der Waals surface area (Å²) in [6.07, 6.45) is 3.67. The van der Waals surface area contributed by atoms with Crippen LogP contribution in [0.1, 0.15) is 20.3 Å². The molecule has 0 aromatic carbocycles. The van der Waals surface area contributed by atoms with Crippen LogP contribution in [0.15, 0.2) is 23.4 Å². The number of nitrogens with zero attached hydrogens (tertiary/aromatic N) is 1. The van der Waals surface area contributed by atoms with Crippen LogP contribution in [-0.2, 0) is 20.8 Å². The molecule has 0 radical (unpaired) electrons. The summed E-state index contributed by atoms with van der Waals surface area (Å²) >= 11 is -2.09. The highest BCUT2D eigenvalue weighted by molar-refractivity contribution is 7.76. The predicted molar refractivity (Wildman–Crippen MR) is 62.7 cm³/mol. The van der Waals surface area contributed by atoms with Crippen LogP contribution in [0, 0.1) is 0 Å². The predicted octanol–water partition coefficient (Wildman–Crippen LogP) is 1.47. The lowest BCUT2D eigenvalue weighted by atomic mass is 10.2. The number of carbonyl (C=O) groups is 1. The Morgan fingerprint density at radius 2 is 2.12 bits per heavy atom. The Morgan fingerprint density at radius 3 is 2.44 bits per heavy atom. The average Bonchev–Trinajstić information content (AvgIpc) is 2.28. The van der Waals surface area contributed by atoms with Gasteiger partial charge in [0.1, 0.15) is 0 Å². The average molecular weight is 247 g/mol. The molecule has 0 aliphatic heterocycles. The maximum absolute atomic E-state index is 11.3. The fourth-order valence-corrected chi connectivity index (χ4v) is 1.46. The van der Waals surface area contributed by atoms with E-state index >= 15 is 0 Å². The molecular formula is C10H17NO4S. The van der Waals surface area contributed by atoms with E-state index in [9.17, 15) is 9.00 Å². The van der Waals surface area contributed by atoms with Crippen molar-refractivity contribution in [2.45, 2.75) is 20.3 Å². The first-order valence-corrected chi connectivity index (χ1v) is 5.84. The normalized spacial score (nSPS) is 14.6. The number of carbonyl (C=O) groups excluding carboxylic acids is 1. The van der Waals surface area contributed by atoms with Gasteiger partial charge in [-0.2, -0.15) is 0 Å². The van der Waals surface area contributed by atoms with E-state index in [2.05, 4.69) is 4.74 Å². The Morgan fingerprint density at radius 1 is 1.56 bits per heavy atom. The van der Waals surface area contributed by atoms with Crippen molar-refractivity contribution in [2.75, 3.05) is 14.2 Å². The van der Waals surface area contributed by atoms with E-state index < -0.39 is 17.2 Å². The van der Waals surface area contributed by atoms with Crippen LogP contribution >= 0.6 is 0 Å². The third-order valence-electron chi connectivity index (χ3n) is 2.06. The standard InChI is InChI=1S/C10H17NO4S/c1-5-8(10(12)15-4)7-9(6-2)11(3)16(13)14/h5,7H,6H2,1-4H3,(H,13,14)/b8-5+,9-7+. The van der Waals surface area contributed by atoms with Crippen LogP contribution in [0.3, 0.4) is 0 Å². The molecule has 92 valence electrons. The summed E-state index contributed by atoms with van der Waals surface area (Å²) in [5, 5.41) is 0. The van der Waals surface area contributed by atoms with Crippen molar-refractivity contribution in [1.29, 1.82) is 0 Å². The molecule has 0 aromatic rings. The van der Waals surface area contributed by atoms with Crippen LogP contribution in [-0.4, -0.2) is 33.2 Å². The molecule has 1 N–H and O–H groups in total. The van der Waals surface area contributed by atoms with Crippen molar-refractivity contribution in [3.8, 4) is 0 Å². The fourth-order valence-electron chi connectivity index (χ4n) is 1.07. The minimum atomic E-state index is -2.09. The molecule has 1 atom stereocenters. The van der Waals surface area contributed by atoms with Gasteiger partial charge in [0.2, 0.25) is 0 Å². The molecule has 0 saturated heterocycles. The highest BCUT2D eigenvalue weighted by atomic mass is 32.2. The largest absolute Gasteiger partial charge is 0.465 e. The summed E-state index contributed by atoms with van der Waals surface area (Å²) in [7, 11) is 2.77. The van der Waals surface area contributed by atoms with Crippen LogP contribution in [0.5, 0.6) is 0 Å². The Kier molecular flexibility index (Phi) is 6.67. The van der Waals surface area contributed by atoms with Crippen molar-refractivity contribution in [3.05, 3.63) is 23.4 Å². The lowest BCUT2D eigenvalue weighted by molar-refractivity contribution is -0.135.